The Balaban J connectivity index is 1.86. The van der Waals surface area contributed by atoms with E-state index in [9.17, 15) is 4.79 Å². The van der Waals surface area contributed by atoms with Crippen LogP contribution in [0, 0.1) is 11.8 Å². The lowest BCUT2D eigenvalue weighted by Crippen LogP contribution is -2.45. The van der Waals surface area contributed by atoms with E-state index < -0.39 is 0 Å². The summed E-state index contributed by atoms with van der Waals surface area (Å²) in [5.74, 6) is 1.19. The van der Waals surface area contributed by atoms with Crippen molar-refractivity contribution in [2.75, 3.05) is 6.54 Å². The molecule has 0 spiro atoms. The van der Waals surface area contributed by atoms with E-state index in [1.54, 1.807) is 0 Å². The minimum atomic E-state index is 0.183. The van der Waals surface area contributed by atoms with Crippen LogP contribution in [0.25, 0.3) is 0 Å². The molecule has 0 aromatic heterocycles. The Bertz CT molecular complexity index is 274. The highest BCUT2D eigenvalue weighted by atomic mass is 16.2. The summed E-state index contributed by atoms with van der Waals surface area (Å²) in [6.45, 7) is 5.31. The van der Waals surface area contributed by atoms with Crippen LogP contribution in [-0.2, 0) is 4.79 Å². The summed E-state index contributed by atoms with van der Waals surface area (Å²) in [5.41, 5.74) is 0. The highest BCUT2D eigenvalue weighted by molar-refractivity contribution is 5.80. The standard InChI is InChI=1S/C15H28N2O/c1-3-14(12-7-5-4-6-8-12)17-15(18)13-9-10-16-11(13)2/h11-14,16H,3-10H2,1-2H3,(H,17,18). The number of hydrogen-bond donors (Lipinski definition) is 2. The van der Waals surface area contributed by atoms with Gasteiger partial charge in [0.2, 0.25) is 5.91 Å². The Labute approximate surface area is 111 Å². The minimum absolute atomic E-state index is 0.183. The van der Waals surface area contributed by atoms with Gasteiger partial charge < -0.3 is 10.6 Å². The zero-order valence-electron chi connectivity index (χ0n) is 11.9. The zero-order chi connectivity index (χ0) is 13.0. The average molecular weight is 252 g/mol. The number of carbonyl (C=O) groups is 1. The first-order valence-corrected chi connectivity index (χ1v) is 7.76. The van der Waals surface area contributed by atoms with Crippen LogP contribution in [0.4, 0.5) is 0 Å². The van der Waals surface area contributed by atoms with Crippen molar-refractivity contribution in [1.82, 2.24) is 10.6 Å². The van der Waals surface area contributed by atoms with Gasteiger partial charge in [-0.3, -0.25) is 4.79 Å². The summed E-state index contributed by atoms with van der Waals surface area (Å²) in [4.78, 5) is 12.3. The second-order valence-corrected chi connectivity index (χ2v) is 6.06. The van der Waals surface area contributed by atoms with Gasteiger partial charge in [-0.05, 0) is 45.1 Å². The van der Waals surface area contributed by atoms with Crippen LogP contribution >= 0.6 is 0 Å². The second-order valence-electron chi connectivity index (χ2n) is 6.06. The summed E-state index contributed by atoms with van der Waals surface area (Å²) in [5, 5.41) is 6.69. The smallest absolute Gasteiger partial charge is 0.224 e. The molecule has 18 heavy (non-hydrogen) atoms. The fourth-order valence-corrected chi connectivity index (χ4v) is 3.60. The summed E-state index contributed by atoms with van der Waals surface area (Å²) >= 11 is 0. The van der Waals surface area contributed by atoms with Gasteiger partial charge in [0.15, 0.2) is 0 Å². The Kier molecular flexibility index (Phi) is 5.04. The summed E-state index contributed by atoms with van der Waals surface area (Å²) in [7, 11) is 0. The molecule has 2 rings (SSSR count). The molecule has 1 aliphatic heterocycles. The summed E-state index contributed by atoms with van der Waals surface area (Å²) < 4.78 is 0. The molecule has 2 N–H and O–H groups in total. The van der Waals surface area contributed by atoms with Crippen molar-refractivity contribution in [3.05, 3.63) is 0 Å². The molecular formula is C15H28N2O. The zero-order valence-corrected chi connectivity index (χ0v) is 11.9. The number of rotatable bonds is 4. The van der Waals surface area contributed by atoms with Crippen molar-refractivity contribution < 1.29 is 4.79 Å². The average Bonchev–Trinajstić information content (AvgIpc) is 2.83. The maximum Gasteiger partial charge on any atom is 0.224 e. The molecule has 0 bridgehead atoms. The molecule has 104 valence electrons. The molecule has 2 aliphatic rings. The Hall–Kier alpha value is -0.570. The molecule has 3 heteroatoms. The first-order chi connectivity index (χ1) is 8.72. The Morgan fingerprint density at radius 1 is 1.28 bits per heavy atom. The molecule has 1 saturated heterocycles. The molecule has 3 unspecified atom stereocenters. The van der Waals surface area contributed by atoms with Crippen LogP contribution in [-0.4, -0.2) is 24.5 Å². The van der Waals surface area contributed by atoms with Crippen molar-refractivity contribution in [1.29, 1.82) is 0 Å². The van der Waals surface area contributed by atoms with Gasteiger partial charge in [0.1, 0.15) is 0 Å². The first kappa shape index (κ1) is 13.9. The van der Waals surface area contributed by atoms with E-state index in [-0.39, 0.29) is 11.8 Å². The third-order valence-electron chi connectivity index (χ3n) is 4.85. The van der Waals surface area contributed by atoms with Crippen LogP contribution in [0.2, 0.25) is 0 Å². The Morgan fingerprint density at radius 3 is 2.56 bits per heavy atom. The topological polar surface area (TPSA) is 41.1 Å². The minimum Gasteiger partial charge on any atom is -0.353 e. The molecule has 3 atom stereocenters. The molecule has 2 fully saturated rings. The van der Waals surface area contributed by atoms with E-state index in [0.29, 0.717) is 12.1 Å². The highest BCUT2D eigenvalue weighted by Crippen LogP contribution is 2.28. The molecule has 0 radical (unpaired) electrons. The van der Waals surface area contributed by atoms with Crippen molar-refractivity contribution in [3.63, 3.8) is 0 Å². The quantitative estimate of drug-likeness (QED) is 0.807. The van der Waals surface area contributed by atoms with Crippen LogP contribution < -0.4 is 10.6 Å². The molecular weight excluding hydrogens is 224 g/mol. The predicted molar refractivity (Wildman–Crippen MR) is 74.4 cm³/mol. The number of nitrogens with one attached hydrogen (secondary N) is 2. The molecule has 0 aromatic carbocycles. The molecule has 3 nitrogen and oxygen atoms in total. The van der Waals surface area contributed by atoms with E-state index in [2.05, 4.69) is 24.5 Å². The van der Waals surface area contributed by atoms with Gasteiger partial charge in [0.25, 0.3) is 0 Å². The highest BCUT2D eigenvalue weighted by Gasteiger charge is 2.32. The van der Waals surface area contributed by atoms with Crippen molar-refractivity contribution in [3.8, 4) is 0 Å². The fourth-order valence-electron chi connectivity index (χ4n) is 3.60. The van der Waals surface area contributed by atoms with Gasteiger partial charge in [0, 0.05) is 12.1 Å². The van der Waals surface area contributed by atoms with Crippen molar-refractivity contribution in [2.24, 2.45) is 11.8 Å². The van der Waals surface area contributed by atoms with Gasteiger partial charge in [0.05, 0.1) is 5.92 Å². The largest absolute Gasteiger partial charge is 0.353 e. The van der Waals surface area contributed by atoms with E-state index in [1.807, 2.05) is 0 Å². The van der Waals surface area contributed by atoms with Gasteiger partial charge in [-0.15, -0.1) is 0 Å². The van der Waals surface area contributed by atoms with Crippen molar-refractivity contribution in [2.45, 2.75) is 70.9 Å². The van der Waals surface area contributed by atoms with Gasteiger partial charge >= 0.3 is 0 Å². The number of amides is 1. The maximum absolute atomic E-state index is 12.3. The number of carbonyl (C=O) groups excluding carboxylic acids is 1. The third kappa shape index (κ3) is 3.25. The lowest BCUT2D eigenvalue weighted by Gasteiger charge is -2.31. The van der Waals surface area contributed by atoms with Crippen molar-refractivity contribution >= 4 is 5.91 Å². The second kappa shape index (κ2) is 6.55. The molecule has 0 aromatic rings. The maximum atomic E-state index is 12.3. The van der Waals surface area contributed by atoms with E-state index in [1.165, 1.54) is 32.1 Å². The molecule has 1 amide bonds. The third-order valence-corrected chi connectivity index (χ3v) is 4.85. The lowest BCUT2D eigenvalue weighted by atomic mass is 9.82. The van der Waals surface area contributed by atoms with Crippen LogP contribution in [0.1, 0.15) is 58.8 Å². The first-order valence-electron chi connectivity index (χ1n) is 7.76. The summed E-state index contributed by atoms with van der Waals surface area (Å²) in [6, 6.07) is 0.750. The van der Waals surface area contributed by atoms with Gasteiger partial charge in [-0.1, -0.05) is 26.2 Å². The van der Waals surface area contributed by atoms with Gasteiger partial charge in [-0.25, -0.2) is 0 Å². The molecule has 1 saturated carbocycles. The lowest BCUT2D eigenvalue weighted by molar-refractivity contribution is -0.126. The Morgan fingerprint density at radius 2 is 2.00 bits per heavy atom. The summed E-state index contributed by atoms with van der Waals surface area (Å²) in [6.07, 6.45) is 8.74. The molecule has 1 aliphatic carbocycles. The SMILES string of the molecule is CCC(NC(=O)C1CCNC1C)C1CCCCC1. The number of hydrogen-bond acceptors (Lipinski definition) is 2. The van der Waals surface area contributed by atoms with Crippen LogP contribution in [0.5, 0.6) is 0 Å². The van der Waals surface area contributed by atoms with Crippen LogP contribution in [0.3, 0.4) is 0 Å². The van der Waals surface area contributed by atoms with E-state index >= 15 is 0 Å². The predicted octanol–water partition coefficient (Wildman–Crippen LogP) is 2.46. The van der Waals surface area contributed by atoms with E-state index in [4.69, 9.17) is 0 Å². The normalized spacial score (nSPS) is 31.2. The fraction of sp³-hybridized carbons (Fsp3) is 0.933. The van der Waals surface area contributed by atoms with Gasteiger partial charge in [-0.2, -0.15) is 0 Å². The monoisotopic (exact) mass is 252 g/mol. The molecule has 1 heterocycles. The van der Waals surface area contributed by atoms with E-state index in [0.717, 1.165) is 25.3 Å². The van der Waals surface area contributed by atoms with Crippen LogP contribution in [0.15, 0.2) is 0 Å².